The first-order chi connectivity index (χ1) is 7.29. The Labute approximate surface area is 89.0 Å². The lowest BCUT2D eigenvalue weighted by Gasteiger charge is -2.30. The van der Waals surface area contributed by atoms with Crippen LogP contribution in [0.15, 0.2) is 4.63 Å². The number of aromatic nitrogens is 2. The van der Waals surface area contributed by atoms with Crippen LogP contribution in [0.1, 0.15) is 24.2 Å². The highest BCUT2D eigenvalue weighted by Crippen LogP contribution is 2.18. The van der Waals surface area contributed by atoms with E-state index in [4.69, 9.17) is 5.11 Å². The van der Waals surface area contributed by atoms with Crippen molar-refractivity contribution in [2.24, 2.45) is 5.92 Å². The lowest BCUT2D eigenvalue weighted by Crippen LogP contribution is -2.34. The summed E-state index contributed by atoms with van der Waals surface area (Å²) in [5.41, 5.74) is 1.80. The van der Waals surface area contributed by atoms with Crippen LogP contribution in [0.5, 0.6) is 0 Å². The summed E-state index contributed by atoms with van der Waals surface area (Å²) in [5, 5.41) is 16.7. The summed E-state index contributed by atoms with van der Waals surface area (Å²) in [5.74, 6) is 0.484. The van der Waals surface area contributed by atoms with Gasteiger partial charge in [-0.25, -0.2) is 4.63 Å². The van der Waals surface area contributed by atoms with Crippen molar-refractivity contribution in [3.05, 3.63) is 11.4 Å². The van der Waals surface area contributed by atoms with E-state index in [2.05, 4.69) is 19.8 Å². The highest BCUT2D eigenvalue weighted by atomic mass is 16.6. The first kappa shape index (κ1) is 10.6. The van der Waals surface area contributed by atoms with Gasteiger partial charge in [0.15, 0.2) is 0 Å². The van der Waals surface area contributed by atoms with E-state index < -0.39 is 0 Å². The van der Waals surface area contributed by atoms with Gasteiger partial charge in [-0.3, -0.25) is 4.90 Å². The Morgan fingerprint density at radius 1 is 1.40 bits per heavy atom. The second-order valence-electron chi connectivity index (χ2n) is 4.20. The molecule has 84 valence electrons. The number of aryl methyl sites for hydroxylation is 1. The number of piperidine rings is 1. The molecule has 0 saturated carbocycles. The van der Waals surface area contributed by atoms with Gasteiger partial charge in [0, 0.05) is 13.2 Å². The maximum absolute atomic E-state index is 9.02. The Morgan fingerprint density at radius 3 is 2.67 bits per heavy atom. The average molecular weight is 211 g/mol. The maximum atomic E-state index is 9.02. The van der Waals surface area contributed by atoms with Crippen molar-refractivity contribution >= 4 is 0 Å². The molecule has 0 aliphatic carbocycles. The molecule has 1 fully saturated rings. The van der Waals surface area contributed by atoms with Crippen molar-refractivity contribution in [2.75, 3.05) is 19.7 Å². The average Bonchev–Trinajstić information content (AvgIpc) is 2.66. The van der Waals surface area contributed by atoms with Crippen molar-refractivity contribution in [1.82, 2.24) is 15.2 Å². The molecule has 5 heteroatoms. The highest BCUT2D eigenvalue weighted by Gasteiger charge is 2.20. The zero-order valence-electron chi connectivity index (χ0n) is 9.02. The number of aliphatic hydroxyl groups excluding tert-OH is 1. The monoisotopic (exact) mass is 211 g/mol. The van der Waals surface area contributed by atoms with Crippen molar-refractivity contribution in [2.45, 2.75) is 26.3 Å². The molecule has 15 heavy (non-hydrogen) atoms. The van der Waals surface area contributed by atoms with E-state index in [0.29, 0.717) is 12.5 Å². The first-order valence-corrected chi connectivity index (χ1v) is 5.41. The van der Waals surface area contributed by atoms with E-state index in [-0.39, 0.29) is 0 Å². The van der Waals surface area contributed by atoms with Crippen LogP contribution < -0.4 is 0 Å². The van der Waals surface area contributed by atoms with Crippen molar-refractivity contribution in [3.63, 3.8) is 0 Å². The number of aliphatic hydroxyl groups is 1. The molecule has 2 heterocycles. The van der Waals surface area contributed by atoms with Crippen LogP contribution in [-0.2, 0) is 6.54 Å². The molecule has 0 aromatic carbocycles. The second kappa shape index (κ2) is 4.72. The molecule has 1 aliphatic heterocycles. The van der Waals surface area contributed by atoms with Gasteiger partial charge in [-0.15, -0.1) is 0 Å². The first-order valence-electron chi connectivity index (χ1n) is 5.41. The van der Waals surface area contributed by atoms with Crippen LogP contribution in [0.4, 0.5) is 0 Å². The summed E-state index contributed by atoms with van der Waals surface area (Å²) in [6.45, 7) is 5.09. The van der Waals surface area contributed by atoms with Crippen molar-refractivity contribution in [1.29, 1.82) is 0 Å². The third-order valence-corrected chi connectivity index (χ3v) is 3.09. The Kier molecular flexibility index (Phi) is 3.33. The fraction of sp³-hybridized carbons (Fsp3) is 0.800. The molecule has 0 radical (unpaired) electrons. The molecule has 0 unspecified atom stereocenters. The zero-order valence-corrected chi connectivity index (χ0v) is 9.02. The molecule has 0 spiro atoms. The van der Waals surface area contributed by atoms with Gasteiger partial charge in [0.25, 0.3) is 0 Å². The van der Waals surface area contributed by atoms with Crippen molar-refractivity contribution < 1.29 is 9.74 Å². The maximum Gasteiger partial charge on any atom is 0.122 e. The van der Waals surface area contributed by atoms with Crippen LogP contribution >= 0.6 is 0 Å². The predicted molar refractivity (Wildman–Crippen MR) is 54.1 cm³/mol. The van der Waals surface area contributed by atoms with Crippen LogP contribution in [0.3, 0.4) is 0 Å². The summed E-state index contributed by atoms with van der Waals surface area (Å²) in [6, 6.07) is 0. The minimum Gasteiger partial charge on any atom is -0.396 e. The number of nitrogens with zero attached hydrogens (tertiary/aromatic N) is 3. The van der Waals surface area contributed by atoms with Gasteiger partial charge in [-0.05, 0) is 38.8 Å². The number of rotatable bonds is 3. The van der Waals surface area contributed by atoms with Crippen LogP contribution in [0.25, 0.3) is 0 Å². The van der Waals surface area contributed by atoms with Crippen molar-refractivity contribution in [3.8, 4) is 0 Å². The lowest BCUT2D eigenvalue weighted by atomic mass is 9.98. The van der Waals surface area contributed by atoms with Gasteiger partial charge in [-0.1, -0.05) is 10.3 Å². The van der Waals surface area contributed by atoms with Crippen LogP contribution in [-0.4, -0.2) is 40.0 Å². The van der Waals surface area contributed by atoms with Crippen LogP contribution in [0, 0.1) is 12.8 Å². The van der Waals surface area contributed by atoms with Crippen LogP contribution in [0.2, 0.25) is 0 Å². The molecule has 1 aromatic heterocycles. The number of hydrogen-bond donors (Lipinski definition) is 1. The zero-order chi connectivity index (χ0) is 10.7. The van der Waals surface area contributed by atoms with E-state index in [0.717, 1.165) is 43.9 Å². The molecule has 1 saturated heterocycles. The Hall–Kier alpha value is -0.940. The quantitative estimate of drug-likeness (QED) is 0.792. The van der Waals surface area contributed by atoms with E-state index in [9.17, 15) is 0 Å². The molecule has 0 bridgehead atoms. The molecule has 0 amide bonds. The summed E-state index contributed by atoms with van der Waals surface area (Å²) in [7, 11) is 0. The SMILES string of the molecule is Cc1nonc1CN1CCC(CO)CC1. The normalized spacial score (nSPS) is 19.6. The minimum absolute atomic E-state index is 0.318. The molecule has 1 N–H and O–H groups in total. The minimum atomic E-state index is 0.318. The van der Waals surface area contributed by atoms with Gasteiger partial charge in [0.1, 0.15) is 11.4 Å². The van der Waals surface area contributed by atoms with Gasteiger partial charge < -0.3 is 5.11 Å². The Balaban J connectivity index is 1.85. The molecule has 1 aromatic rings. The number of likely N-dealkylation sites (tertiary alicyclic amines) is 1. The summed E-state index contributed by atoms with van der Waals surface area (Å²) >= 11 is 0. The molecular weight excluding hydrogens is 194 g/mol. The van der Waals surface area contributed by atoms with E-state index in [1.165, 1.54) is 0 Å². The molecule has 2 rings (SSSR count). The standard InChI is InChI=1S/C10H17N3O2/c1-8-10(12-15-11-8)6-13-4-2-9(7-14)3-5-13/h9,14H,2-7H2,1H3. The van der Waals surface area contributed by atoms with Gasteiger partial charge >= 0.3 is 0 Å². The lowest BCUT2D eigenvalue weighted by molar-refractivity contribution is 0.125. The smallest absolute Gasteiger partial charge is 0.122 e. The topological polar surface area (TPSA) is 62.4 Å². The van der Waals surface area contributed by atoms with Gasteiger partial charge in [0.05, 0.1) is 0 Å². The predicted octanol–water partition coefficient (Wildman–Crippen LogP) is 0.582. The van der Waals surface area contributed by atoms with E-state index in [1.807, 2.05) is 6.92 Å². The fourth-order valence-electron chi connectivity index (χ4n) is 1.93. The largest absolute Gasteiger partial charge is 0.396 e. The van der Waals surface area contributed by atoms with Gasteiger partial charge in [-0.2, -0.15) is 0 Å². The summed E-state index contributed by atoms with van der Waals surface area (Å²) < 4.78 is 4.66. The Bertz CT molecular complexity index is 305. The molecular formula is C10H17N3O2. The Morgan fingerprint density at radius 2 is 2.13 bits per heavy atom. The third-order valence-electron chi connectivity index (χ3n) is 3.09. The molecule has 1 aliphatic rings. The van der Waals surface area contributed by atoms with E-state index >= 15 is 0 Å². The third kappa shape index (κ3) is 2.54. The summed E-state index contributed by atoms with van der Waals surface area (Å²) in [4.78, 5) is 2.33. The molecule has 0 atom stereocenters. The van der Waals surface area contributed by atoms with E-state index in [1.54, 1.807) is 0 Å². The summed E-state index contributed by atoms with van der Waals surface area (Å²) in [6.07, 6.45) is 2.14. The highest BCUT2D eigenvalue weighted by molar-refractivity contribution is 5.04. The van der Waals surface area contributed by atoms with Gasteiger partial charge in [0.2, 0.25) is 0 Å². The molecule has 5 nitrogen and oxygen atoms in total. The number of hydrogen-bond acceptors (Lipinski definition) is 5. The second-order valence-corrected chi connectivity index (χ2v) is 4.20. The fourth-order valence-corrected chi connectivity index (χ4v) is 1.93.